The molecular formula is C22H25N5O7S. The first-order chi connectivity index (χ1) is 16.7. The monoisotopic (exact) mass is 503 g/mol. The molecule has 2 N–H and O–H groups in total. The van der Waals surface area contributed by atoms with Crippen LogP contribution in [-0.4, -0.2) is 70.7 Å². The number of nitrogens with zero attached hydrogens (tertiary/aromatic N) is 3. The first-order valence-corrected chi connectivity index (χ1v) is 12.3. The van der Waals surface area contributed by atoms with E-state index in [-0.39, 0.29) is 6.54 Å². The molecule has 0 saturated carbocycles. The lowest BCUT2D eigenvalue weighted by Crippen LogP contribution is -2.70. The second kappa shape index (κ2) is 11.8. The minimum absolute atomic E-state index is 0.297. The number of amides is 2. The van der Waals surface area contributed by atoms with Gasteiger partial charge in [-0.15, -0.1) is 0 Å². The third-order valence-corrected chi connectivity index (χ3v) is 5.79. The third-order valence-electron chi connectivity index (χ3n) is 5.22. The molecule has 1 aliphatic rings. The molecule has 0 unspecified atom stereocenters. The highest BCUT2D eigenvalue weighted by molar-refractivity contribution is 7.86. The molecule has 1 saturated heterocycles. The van der Waals surface area contributed by atoms with Crippen molar-refractivity contribution in [1.82, 2.24) is 10.6 Å². The summed E-state index contributed by atoms with van der Waals surface area (Å²) in [5.74, 6) is -1.05. The van der Waals surface area contributed by atoms with Crippen LogP contribution in [0.4, 0.5) is 0 Å². The lowest BCUT2D eigenvalue weighted by atomic mass is 9.93. The molecule has 0 aromatic heterocycles. The van der Waals surface area contributed by atoms with Crippen molar-refractivity contribution in [3.63, 3.8) is 0 Å². The maximum Gasteiger partial charge on any atom is 0.264 e. The number of nitrogens with one attached hydrogen (secondary N) is 2. The lowest BCUT2D eigenvalue weighted by molar-refractivity contribution is -0.223. The van der Waals surface area contributed by atoms with Gasteiger partial charge in [0.05, 0.1) is 24.9 Å². The molecule has 2 amide bonds. The minimum atomic E-state index is -4.06. The fourth-order valence-corrected chi connectivity index (χ4v) is 4.35. The van der Waals surface area contributed by atoms with Crippen LogP contribution in [0.2, 0.25) is 0 Å². The Morgan fingerprint density at radius 1 is 1.00 bits per heavy atom. The molecular weight excluding hydrogens is 478 g/mol. The number of methoxy groups -OCH3 is 1. The molecule has 2 aromatic rings. The molecule has 0 bridgehead atoms. The van der Waals surface area contributed by atoms with Crippen molar-refractivity contribution in [3.05, 3.63) is 82.2 Å². The van der Waals surface area contributed by atoms with E-state index < -0.39 is 52.5 Å². The van der Waals surface area contributed by atoms with Gasteiger partial charge in [0.1, 0.15) is 12.1 Å². The van der Waals surface area contributed by atoms with Crippen molar-refractivity contribution in [2.24, 2.45) is 5.11 Å². The zero-order chi connectivity index (χ0) is 25.4. The first kappa shape index (κ1) is 26.1. The molecule has 2 aromatic carbocycles. The zero-order valence-electron chi connectivity index (χ0n) is 19.0. The quantitative estimate of drug-likeness (QED) is 0.227. The van der Waals surface area contributed by atoms with E-state index in [1.165, 1.54) is 7.11 Å². The minimum Gasteiger partial charge on any atom is -0.354 e. The number of rotatable bonds is 9. The second-order valence-electron chi connectivity index (χ2n) is 7.69. The highest BCUT2D eigenvalue weighted by Gasteiger charge is 2.49. The summed E-state index contributed by atoms with van der Waals surface area (Å²) >= 11 is 0. The summed E-state index contributed by atoms with van der Waals surface area (Å²) in [6.07, 6.45) is -2.76. The van der Waals surface area contributed by atoms with E-state index in [9.17, 15) is 18.0 Å². The summed E-state index contributed by atoms with van der Waals surface area (Å²) in [6, 6.07) is 14.3. The van der Waals surface area contributed by atoms with Gasteiger partial charge in [0.25, 0.3) is 21.9 Å². The predicted octanol–water partition coefficient (Wildman–Crippen LogP) is 1.61. The van der Waals surface area contributed by atoms with Gasteiger partial charge in [-0.2, -0.15) is 8.42 Å². The van der Waals surface area contributed by atoms with Gasteiger partial charge in [0.15, 0.2) is 6.29 Å². The summed E-state index contributed by atoms with van der Waals surface area (Å²) < 4.78 is 40.7. The van der Waals surface area contributed by atoms with E-state index in [1.54, 1.807) is 60.7 Å². The van der Waals surface area contributed by atoms with Crippen molar-refractivity contribution >= 4 is 21.9 Å². The van der Waals surface area contributed by atoms with Crippen LogP contribution in [0.5, 0.6) is 0 Å². The fraction of sp³-hybridized carbons (Fsp3) is 0.364. The van der Waals surface area contributed by atoms with Crippen molar-refractivity contribution in [1.29, 1.82) is 0 Å². The van der Waals surface area contributed by atoms with Crippen LogP contribution >= 0.6 is 0 Å². The predicted molar refractivity (Wildman–Crippen MR) is 125 cm³/mol. The molecule has 12 nitrogen and oxygen atoms in total. The van der Waals surface area contributed by atoms with Crippen molar-refractivity contribution < 1.29 is 31.7 Å². The Hall–Kier alpha value is -3.48. The van der Waals surface area contributed by atoms with Crippen LogP contribution in [0.1, 0.15) is 20.7 Å². The third kappa shape index (κ3) is 7.01. The van der Waals surface area contributed by atoms with Gasteiger partial charge in [-0.1, -0.05) is 41.5 Å². The van der Waals surface area contributed by atoms with Crippen molar-refractivity contribution in [2.45, 2.75) is 30.6 Å². The van der Waals surface area contributed by atoms with E-state index >= 15 is 0 Å². The Morgan fingerprint density at radius 3 is 1.97 bits per heavy atom. The van der Waals surface area contributed by atoms with Crippen LogP contribution in [-0.2, 0) is 23.8 Å². The van der Waals surface area contributed by atoms with Crippen LogP contribution in [0, 0.1) is 0 Å². The van der Waals surface area contributed by atoms with Crippen LogP contribution in [0.15, 0.2) is 65.8 Å². The molecule has 13 heteroatoms. The largest absolute Gasteiger partial charge is 0.354 e. The Balaban J connectivity index is 2.02. The summed E-state index contributed by atoms with van der Waals surface area (Å²) in [4.78, 5) is 28.7. The summed E-state index contributed by atoms with van der Waals surface area (Å²) in [6.45, 7) is -0.312. The number of hydrogen-bond donors (Lipinski definition) is 2. The molecule has 1 fully saturated rings. The van der Waals surface area contributed by atoms with Crippen molar-refractivity contribution in [2.75, 3.05) is 19.9 Å². The number of carbonyl (C=O) groups is 2. The normalized spacial score (nSPS) is 24.1. The Labute approximate surface area is 202 Å². The van der Waals surface area contributed by atoms with E-state index in [0.717, 1.165) is 6.26 Å². The second-order valence-corrected chi connectivity index (χ2v) is 9.29. The lowest BCUT2D eigenvalue weighted by Gasteiger charge is -2.45. The fourth-order valence-electron chi connectivity index (χ4n) is 3.71. The summed E-state index contributed by atoms with van der Waals surface area (Å²) in [5, 5.41) is 8.98. The molecule has 0 radical (unpaired) electrons. The van der Waals surface area contributed by atoms with Gasteiger partial charge in [-0.05, 0) is 29.8 Å². The molecule has 186 valence electrons. The zero-order valence-corrected chi connectivity index (χ0v) is 19.8. The number of benzene rings is 2. The van der Waals surface area contributed by atoms with Gasteiger partial charge >= 0.3 is 0 Å². The Kier molecular flexibility index (Phi) is 8.79. The molecule has 1 heterocycles. The SMILES string of the molecule is CO[C@@H]1O[C@H](CN=[N+]=[N-])[C@@H](OS(C)(=O)=O)[C@H](NC(=O)c2ccccc2)[C@H]1NC(=O)c1ccccc1. The summed E-state index contributed by atoms with van der Waals surface area (Å²) in [7, 11) is -2.74. The summed E-state index contributed by atoms with van der Waals surface area (Å²) in [5.41, 5.74) is 9.40. The van der Waals surface area contributed by atoms with Gasteiger partial charge in [0.2, 0.25) is 0 Å². The van der Waals surface area contributed by atoms with E-state index in [0.29, 0.717) is 11.1 Å². The van der Waals surface area contributed by atoms with Gasteiger partial charge in [0, 0.05) is 23.1 Å². The number of carbonyl (C=O) groups excluding carboxylic acids is 2. The first-order valence-electron chi connectivity index (χ1n) is 10.5. The Bertz CT molecular complexity index is 1170. The average molecular weight is 504 g/mol. The van der Waals surface area contributed by atoms with E-state index in [1.807, 2.05) is 0 Å². The number of hydrogen-bond acceptors (Lipinski definition) is 8. The van der Waals surface area contributed by atoms with Gasteiger partial charge < -0.3 is 20.1 Å². The standard InChI is InChI=1S/C22H25N5O7S/c1-32-22-18(26-21(29)15-11-7-4-8-12-15)17(25-20(28)14-9-5-3-6-10-14)19(34-35(2,30)31)16(33-22)13-24-27-23/h3-12,16-19,22H,13H2,1-2H3,(H,25,28)(H,26,29)/t16-,17-,18-,19-,22-/m1/s1. The topological polar surface area (TPSA) is 169 Å². The van der Waals surface area contributed by atoms with Crippen LogP contribution in [0.25, 0.3) is 10.4 Å². The van der Waals surface area contributed by atoms with Crippen molar-refractivity contribution in [3.8, 4) is 0 Å². The van der Waals surface area contributed by atoms with Crippen LogP contribution < -0.4 is 10.6 Å². The van der Waals surface area contributed by atoms with Crippen LogP contribution in [0.3, 0.4) is 0 Å². The van der Waals surface area contributed by atoms with E-state index in [4.69, 9.17) is 19.2 Å². The van der Waals surface area contributed by atoms with E-state index in [2.05, 4.69) is 20.7 Å². The van der Waals surface area contributed by atoms with Gasteiger partial charge in [-0.3, -0.25) is 13.8 Å². The number of ether oxygens (including phenoxy) is 2. The molecule has 0 aliphatic carbocycles. The molecule has 35 heavy (non-hydrogen) atoms. The molecule has 3 rings (SSSR count). The van der Waals surface area contributed by atoms with Gasteiger partial charge in [-0.25, -0.2) is 0 Å². The highest BCUT2D eigenvalue weighted by Crippen LogP contribution is 2.27. The Morgan fingerprint density at radius 2 is 1.51 bits per heavy atom. The smallest absolute Gasteiger partial charge is 0.264 e. The average Bonchev–Trinajstić information content (AvgIpc) is 2.85. The molecule has 1 aliphatic heterocycles. The maximum absolute atomic E-state index is 13.0. The number of azide groups is 1. The highest BCUT2D eigenvalue weighted by atomic mass is 32.2. The molecule has 5 atom stereocenters. The molecule has 0 spiro atoms. The maximum atomic E-state index is 13.0.